The van der Waals surface area contributed by atoms with Gasteiger partial charge in [0.2, 0.25) is 5.43 Å². The summed E-state index contributed by atoms with van der Waals surface area (Å²) in [5, 5.41) is 5.94. The molecule has 0 atom stereocenters. The molecule has 31 heavy (non-hydrogen) atoms. The summed E-state index contributed by atoms with van der Waals surface area (Å²) in [4.78, 5) is 40.8. The standard InChI is InChI=1S/C24H27N3O4/c1-14(2)16-11-10-15(26-23(30)31-24(3,4)5)12-20(16)27-22(29)18-13-25-19-9-7-6-8-17(19)21(18)28/h6-14H,1-5H3,(H,25,28)(H,26,30)(H,27,29). The van der Waals surface area contributed by atoms with Crippen molar-refractivity contribution in [2.24, 2.45) is 0 Å². The van der Waals surface area contributed by atoms with E-state index in [0.29, 0.717) is 22.3 Å². The topological polar surface area (TPSA) is 100 Å². The number of nitrogens with one attached hydrogen (secondary N) is 3. The molecule has 0 fully saturated rings. The van der Waals surface area contributed by atoms with E-state index in [1.54, 1.807) is 51.1 Å². The SMILES string of the molecule is CC(C)c1ccc(NC(=O)OC(C)(C)C)cc1NC(=O)c1c[nH]c2ccccc2c1=O. The molecular formula is C24H27N3O4. The molecule has 0 saturated carbocycles. The lowest BCUT2D eigenvalue weighted by atomic mass is 10.00. The van der Waals surface area contributed by atoms with Crippen molar-refractivity contribution < 1.29 is 14.3 Å². The first-order valence-corrected chi connectivity index (χ1v) is 10.1. The molecule has 1 aromatic heterocycles. The summed E-state index contributed by atoms with van der Waals surface area (Å²) >= 11 is 0. The number of pyridine rings is 1. The number of aromatic nitrogens is 1. The molecule has 0 aliphatic heterocycles. The van der Waals surface area contributed by atoms with Gasteiger partial charge in [-0.15, -0.1) is 0 Å². The number of ether oxygens (including phenoxy) is 1. The van der Waals surface area contributed by atoms with Gasteiger partial charge >= 0.3 is 6.09 Å². The van der Waals surface area contributed by atoms with Crippen LogP contribution in [-0.2, 0) is 4.74 Å². The minimum Gasteiger partial charge on any atom is -0.444 e. The summed E-state index contributed by atoms with van der Waals surface area (Å²) in [7, 11) is 0. The number of hydrogen-bond donors (Lipinski definition) is 3. The van der Waals surface area contributed by atoms with E-state index in [1.165, 1.54) is 6.20 Å². The van der Waals surface area contributed by atoms with Gasteiger partial charge in [-0.25, -0.2) is 4.79 Å². The van der Waals surface area contributed by atoms with Gasteiger partial charge in [-0.3, -0.25) is 14.9 Å². The van der Waals surface area contributed by atoms with Crippen LogP contribution in [0.2, 0.25) is 0 Å². The maximum atomic E-state index is 12.9. The molecule has 0 bridgehead atoms. The van der Waals surface area contributed by atoms with E-state index in [-0.39, 0.29) is 16.9 Å². The van der Waals surface area contributed by atoms with Crippen molar-refractivity contribution >= 4 is 34.3 Å². The van der Waals surface area contributed by atoms with Crippen LogP contribution in [0.25, 0.3) is 10.9 Å². The average Bonchev–Trinajstić information content (AvgIpc) is 2.66. The Kier molecular flexibility index (Phi) is 6.15. The third-order valence-corrected chi connectivity index (χ3v) is 4.60. The van der Waals surface area contributed by atoms with Crippen molar-refractivity contribution in [3.05, 3.63) is 70.0 Å². The van der Waals surface area contributed by atoms with Crippen LogP contribution in [0.15, 0.2) is 53.5 Å². The third-order valence-electron chi connectivity index (χ3n) is 4.60. The van der Waals surface area contributed by atoms with Crippen molar-refractivity contribution in [2.45, 2.75) is 46.1 Å². The number of rotatable bonds is 4. The van der Waals surface area contributed by atoms with Crippen LogP contribution in [0.4, 0.5) is 16.2 Å². The summed E-state index contributed by atoms with van der Waals surface area (Å²) in [6.45, 7) is 9.33. The first kappa shape index (κ1) is 22.1. The summed E-state index contributed by atoms with van der Waals surface area (Å²) in [6, 6.07) is 12.3. The number of hydrogen-bond acceptors (Lipinski definition) is 4. The Morgan fingerprint density at radius 3 is 2.42 bits per heavy atom. The van der Waals surface area contributed by atoms with Gasteiger partial charge in [-0.05, 0) is 56.5 Å². The molecule has 3 N–H and O–H groups in total. The van der Waals surface area contributed by atoms with Gasteiger partial charge in [0.1, 0.15) is 11.2 Å². The minimum atomic E-state index is -0.629. The molecule has 0 radical (unpaired) electrons. The smallest absolute Gasteiger partial charge is 0.412 e. The molecular weight excluding hydrogens is 394 g/mol. The zero-order valence-electron chi connectivity index (χ0n) is 18.3. The maximum absolute atomic E-state index is 12.9. The predicted molar refractivity (Wildman–Crippen MR) is 123 cm³/mol. The molecule has 0 aliphatic rings. The molecule has 7 nitrogen and oxygen atoms in total. The Balaban J connectivity index is 1.90. The Bertz CT molecular complexity index is 1190. The van der Waals surface area contributed by atoms with Gasteiger partial charge in [0, 0.05) is 28.5 Å². The van der Waals surface area contributed by atoms with Crippen molar-refractivity contribution in [1.29, 1.82) is 0 Å². The van der Waals surface area contributed by atoms with Crippen LogP contribution in [0.3, 0.4) is 0 Å². The molecule has 3 rings (SSSR count). The van der Waals surface area contributed by atoms with Crippen LogP contribution >= 0.6 is 0 Å². The van der Waals surface area contributed by atoms with Gasteiger partial charge in [-0.1, -0.05) is 32.0 Å². The molecule has 2 aromatic carbocycles. The number of carbonyl (C=O) groups excluding carboxylic acids is 2. The molecule has 0 aliphatic carbocycles. The lowest BCUT2D eigenvalue weighted by Crippen LogP contribution is -2.27. The molecule has 0 unspecified atom stereocenters. The predicted octanol–water partition coefficient (Wildman–Crippen LogP) is 5.25. The monoisotopic (exact) mass is 421 g/mol. The normalized spacial score (nSPS) is 11.4. The second kappa shape index (κ2) is 8.63. The average molecular weight is 421 g/mol. The lowest BCUT2D eigenvalue weighted by molar-refractivity contribution is 0.0636. The third kappa shape index (κ3) is 5.31. The molecule has 162 valence electrons. The fraction of sp³-hybridized carbons (Fsp3) is 0.292. The number of anilines is 2. The fourth-order valence-electron chi connectivity index (χ4n) is 3.19. The first-order valence-electron chi connectivity index (χ1n) is 10.1. The van der Waals surface area contributed by atoms with Crippen molar-refractivity contribution in [2.75, 3.05) is 10.6 Å². The van der Waals surface area contributed by atoms with Gasteiger partial charge in [0.05, 0.1) is 0 Å². The Labute approximate surface area is 180 Å². The van der Waals surface area contributed by atoms with E-state index in [0.717, 1.165) is 5.56 Å². The minimum absolute atomic E-state index is 0.0129. The number of aromatic amines is 1. The highest BCUT2D eigenvalue weighted by Gasteiger charge is 2.19. The van der Waals surface area contributed by atoms with Gasteiger partial charge in [-0.2, -0.15) is 0 Å². The molecule has 3 aromatic rings. The molecule has 2 amide bonds. The van der Waals surface area contributed by atoms with E-state index in [1.807, 2.05) is 26.0 Å². The summed E-state index contributed by atoms with van der Waals surface area (Å²) in [5.41, 5.74) is 1.56. The first-order chi connectivity index (χ1) is 14.5. The molecule has 1 heterocycles. The van der Waals surface area contributed by atoms with Gasteiger partial charge in [0.25, 0.3) is 5.91 Å². The number of amides is 2. The lowest BCUT2D eigenvalue weighted by Gasteiger charge is -2.20. The fourth-order valence-corrected chi connectivity index (χ4v) is 3.19. The number of para-hydroxylation sites is 1. The van der Waals surface area contributed by atoms with Crippen LogP contribution in [0.5, 0.6) is 0 Å². The number of fused-ring (bicyclic) bond motifs is 1. The van der Waals surface area contributed by atoms with Crippen LogP contribution in [-0.4, -0.2) is 22.6 Å². The number of carbonyl (C=O) groups is 2. The Morgan fingerprint density at radius 2 is 1.74 bits per heavy atom. The highest BCUT2D eigenvalue weighted by Crippen LogP contribution is 2.28. The Hall–Kier alpha value is -3.61. The maximum Gasteiger partial charge on any atom is 0.412 e. The summed E-state index contributed by atoms with van der Waals surface area (Å²) in [5.74, 6) is -0.413. The molecule has 0 spiro atoms. The van der Waals surface area contributed by atoms with Crippen molar-refractivity contribution in [3.8, 4) is 0 Å². The zero-order valence-corrected chi connectivity index (χ0v) is 18.3. The molecule has 0 saturated heterocycles. The van der Waals surface area contributed by atoms with Crippen LogP contribution in [0, 0.1) is 0 Å². The van der Waals surface area contributed by atoms with E-state index in [9.17, 15) is 14.4 Å². The van der Waals surface area contributed by atoms with Crippen molar-refractivity contribution in [1.82, 2.24) is 4.98 Å². The van der Waals surface area contributed by atoms with E-state index >= 15 is 0 Å². The second-order valence-electron chi connectivity index (χ2n) is 8.61. The quantitative estimate of drug-likeness (QED) is 0.535. The van der Waals surface area contributed by atoms with Crippen LogP contribution in [0.1, 0.15) is 56.5 Å². The summed E-state index contributed by atoms with van der Waals surface area (Å²) in [6.07, 6.45) is 0.825. The second-order valence-corrected chi connectivity index (χ2v) is 8.61. The zero-order chi connectivity index (χ0) is 22.8. The highest BCUT2D eigenvalue weighted by molar-refractivity contribution is 6.06. The van der Waals surface area contributed by atoms with Gasteiger partial charge < -0.3 is 15.0 Å². The highest BCUT2D eigenvalue weighted by atomic mass is 16.6. The number of H-pyrrole nitrogens is 1. The summed E-state index contributed by atoms with van der Waals surface area (Å²) < 4.78 is 5.28. The Morgan fingerprint density at radius 1 is 1.03 bits per heavy atom. The number of benzene rings is 2. The largest absolute Gasteiger partial charge is 0.444 e. The molecule has 7 heteroatoms. The van der Waals surface area contributed by atoms with E-state index in [4.69, 9.17) is 4.74 Å². The van der Waals surface area contributed by atoms with Crippen molar-refractivity contribution in [3.63, 3.8) is 0 Å². The van der Waals surface area contributed by atoms with Crippen LogP contribution < -0.4 is 16.1 Å². The van der Waals surface area contributed by atoms with Gasteiger partial charge in [0.15, 0.2) is 0 Å². The van der Waals surface area contributed by atoms with E-state index < -0.39 is 17.6 Å². The van der Waals surface area contributed by atoms with E-state index in [2.05, 4.69) is 15.6 Å².